The summed E-state index contributed by atoms with van der Waals surface area (Å²) in [6, 6.07) is 18.8. The fraction of sp³-hybridized carbons (Fsp3) is 0.0741. The normalized spacial score (nSPS) is 10.3. The summed E-state index contributed by atoms with van der Waals surface area (Å²) < 4.78 is 4.76. The Morgan fingerprint density at radius 2 is 1.46 bits per heavy atom. The van der Waals surface area contributed by atoms with Crippen LogP contribution in [0.3, 0.4) is 0 Å². The highest BCUT2D eigenvalue weighted by Crippen LogP contribution is 2.23. The lowest BCUT2D eigenvalue weighted by Gasteiger charge is -2.11. The van der Waals surface area contributed by atoms with Crippen molar-refractivity contribution in [1.29, 1.82) is 0 Å². The van der Waals surface area contributed by atoms with Crippen LogP contribution in [-0.4, -0.2) is 46.9 Å². The number of benzene rings is 2. The summed E-state index contributed by atoms with van der Waals surface area (Å²) in [5.41, 5.74) is 8.93. The maximum absolute atomic E-state index is 12.6. The summed E-state index contributed by atoms with van der Waals surface area (Å²) in [5, 5.41) is 5.94. The zero-order valence-corrected chi connectivity index (χ0v) is 20.1. The van der Waals surface area contributed by atoms with Crippen LogP contribution in [0.1, 0.15) is 20.7 Å². The van der Waals surface area contributed by atoms with E-state index in [4.69, 9.17) is 10.5 Å². The Kier molecular flexibility index (Phi) is 7.39. The number of carbonyl (C=O) groups excluding carboxylic acids is 3. The minimum Gasteiger partial charge on any atom is -0.411 e. The average molecular weight is 497 g/mol. The fourth-order valence-corrected chi connectivity index (χ4v) is 3.42. The van der Waals surface area contributed by atoms with Gasteiger partial charge < -0.3 is 26.0 Å². The number of amides is 3. The van der Waals surface area contributed by atoms with Crippen molar-refractivity contribution in [3.63, 3.8) is 0 Å². The van der Waals surface area contributed by atoms with Crippen molar-refractivity contribution >= 4 is 35.1 Å². The Morgan fingerprint density at radius 3 is 2.08 bits per heavy atom. The lowest BCUT2D eigenvalue weighted by molar-refractivity contribution is 0.0827. The molecule has 0 fully saturated rings. The molecule has 4 N–H and O–H groups in total. The number of hydrogen-bond acceptors (Lipinski definition) is 7. The number of rotatable bonds is 7. The summed E-state index contributed by atoms with van der Waals surface area (Å²) in [6.45, 7) is 0. The van der Waals surface area contributed by atoms with Crippen LogP contribution in [-0.2, 0) is 0 Å². The Balaban J connectivity index is 1.39. The lowest BCUT2D eigenvalue weighted by atomic mass is 10.1. The van der Waals surface area contributed by atoms with Crippen LogP contribution in [0.15, 0.2) is 85.3 Å². The number of nitrogens with one attached hydrogen (secondary N) is 2. The number of nitrogens with two attached hydrogens (primary N) is 1. The number of carbonyl (C=O) groups is 3. The maximum Gasteiger partial charge on any atom is 0.409 e. The molecule has 0 atom stereocenters. The smallest absolute Gasteiger partial charge is 0.409 e. The lowest BCUT2D eigenvalue weighted by Crippen LogP contribution is -2.21. The SMILES string of the molecule is CN(C)C(=O)c1ccc(-c2ccc(Nc3cncc(NC(=O)c4ccc(OC(N)=O)cc4)c3)nc2)cc1. The Morgan fingerprint density at radius 1 is 0.811 bits per heavy atom. The third-order valence-corrected chi connectivity index (χ3v) is 5.24. The van der Waals surface area contributed by atoms with Crippen LogP contribution < -0.4 is 21.1 Å². The molecule has 0 spiro atoms. The van der Waals surface area contributed by atoms with Crippen molar-refractivity contribution in [3.05, 3.63) is 96.4 Å². The molecule has 0 aliphatic carbocycles. The van der Waals surface area contributed by atoms with Gasteiger partial charge in [0.05, 0.1) is 23.8 Å². The molecule has 3 amide bonds. The summed E-state index contributed by atoms with van der Waals surface area (Å²) >= 11 is 0. The number of primary amides is 1. The van der Waals surface area contributed by atoms with E-state index in [9.17, 15) is 14.4 Å². The largest absolute Gasteiger partial charge is 0.411 e. The second-order valence-electron chi connectivity index (χ2n) is 8.20. The molecule has 0 aliphatic heterocycles. The van der Waals surface area contributed by atoms with E-state index in [1.165, 1.54) is 35.4 Å². The second-order valence-corrected chi connectivity index (χ2v) is 8.20. The monoisotopic (exact) mass is 496 g/mol. The molecule has 0 aliphatic rings. The standard InChI is InChI=1S/C27H24N6O4/c1-33(2)26(35)19-5-3-17(4-6-19)20-9-12-24(30-14-20)31-21-13-22(16-29-15-21)32-25(34)18-7-10-23(11-8-18)37-27(28)36/h3-16H,1-2H3,(H2,28,36)(H,30,31)(H,32,34). The Bertz CT molecular complexity index is 1420. The van der Waals surface area contributed by atoms with Gasteiger partial charge in [-0.15, -0.1) is 0 Å². The van der Waals surface area contributed by atoms with Crippen LogP contribution in [0.2, 0.25) is 0 Å². The first-order valence-electron chi connectivity index (χ1n) is 11.2. The first-order valence-corrected chi connectivity index (χ1v) is 11.2. The topological polar surface area (TPSA) is 140 Å². The van der Waals surface area contributed by atoms with E-state index in [2.05, 4.69) is 20.6 Å². The fourth-order valence-electron chi connectivity index (χ4n) is 3.42. The zero-order chi connectivity index (χ0) is 26.4. The zero-order valence-electron chi connectivity index (χ0n) is 20.1. The molecule has 0 radical (unpaired) electrons. The van der Waals surface area contributed by atoms with E-state index >= 15 is 0 Å². The second kappa shape index (κ2) is 11.0. The number of aromatic nitrogens is 2. The highest BCUT2D eigenvalue weighted by molar-refractivity contribution is 6.04. The molecule has 4 aromatic rings. The molecule has 10 heteroatoms. The molecule has 0 bridgehead atoms. The molecule has 0 unspecified atom stereocenters. The Labute approximate surface area is 213 Å². The van der Waals surface area contributed by atoms with E-state index in [1.807, 2.05) is 24.3 Å². The third-order valence-electron chi connectivity index (χ3n) is 5.24. The highest BCUT2D eigenvalue weighted by Gasteiger charge is 2.10. The van der Waals surface area contributed by atoms with Crippen molar-refractivity contribution < 1.29 is 19.1 Å². The predicted octanol–water partition coefficient (Wildman–Crippen LogP) is 4.30. The summed E-state index contributed by atoms with van der Waals surface area (Å²) in [4.78, 5) is 45.6. The molecule has 10 nitrogen and oxygen atoms in total. The molecule has 0 saturated carbocycles. The summed E-state index contributed by atoms with van der Waals surface area (Å²) in [7, 11) is 3.43. The van der Waals surface area contributed by atoms with Crippen LogP contribution in [0.25, 0.3) is 11.1 Å². The van der Waals surface area contributed by atoms with Gasteiger partial charge in [-0.25, -0.2) is 9.78 Å². The minimum absolute atomic E-state index is 0.0519. The van der Waals surface area contributed by atoms with E-state index < -0.39 is 6.09 Å². The summed E-state index contributed by atoms with van der Waals surface area (Å²) in [5.74, 6) is 0.430. The van der Waals surface area contributed by atoms with E-state index in [1.54, 1.807) is 44.7 Å². The van der Waals surface area contributed by atoms with Gasteiger partial charge in [0.15, 0.2) is 0 Å². The number of ether oxygens (including phenoxy) is 1. The molecule has 0 saturated heterocycles. The number of nitrogens with zero attached hydrogens (tertiary/aromatic N) is 3. The van der Waals surface area contributed by atoms with Gasteiger partial charge in [-0.1, -0.05) is 12.1 Å². The van der Waals surface area contributed by atoms with Gasteiger partial charge >= 0.3 is 6.09 Å². The highest BCUT2D eigenvalue weighted by atomic mass is 16.5. The van der Waals surface area contributed by atoms with E-state index in [0.29, 0.717) is 28.3 Å². The molecule has 186 valence electrons. The molecular weight excluding hydrogens is 472 g/mol. The Hall–Kier alpha value is -5.25. The molecule has 2 aromatic carbocycles. The molecular formula is C27H24N6O4. The summed E-state index contributed by atoms with van der Waals surface area (Å²) in [6.07, 6.45) is 3.94. The van der Waals surface area contributed by atoms with E-state index in [-0.39, 0.29) is 17.6 Å². The average Bonchev–Trinajstić information content (AvgIpc) is 2.89. The molecule has 37 heavy (non-hydrogen) atoms. The van der Waals surface area contributed by atoms with Crippen molar-refractivity contribution in [1.82, 2.24) is 14.9 Å². The van der Waals surface area contributed by atoms with Gasteiger partial charge in [-0.2, -0.15) is 0 Å². The number of pyridine rings is 2. The predicted molar refractivity (Wildman–Crippen MR) is 140 cm³/mol. The molecule has 2 heterocycles. The van der Waals surface area contributed by atoms with Gasteiger partial charge in [-0.05, 0) is 60.2 Å². The molecule has 2 aromatic heterocycles. The van der Waals surface area contributed by atoms with Gasteiger partial charge in [0.25, 0.3) is 11.8 Å². The van der Waals surface area contributed by atoms with Gasteiger partial charge in [0.2, 0.25) is 0 Å². The maximum atomic E-state index is 12.6. The van der Waals surface area contributed by atoms with Gasteiger partial charge in [-0.3, -0.25) is 14.6 Å². The van der Waals surface area contributed by atoms with Crippen molar-refractivity contribution in [2.45, 2.75) is 0 Å². The van der Waals surface area contributed by atoms with Crippen molar-refractivity contribution in [3.8, 4) is 16.9 Å². The number of hydrogen-bond donors (Lipinski definition) is 3. The quantitative estimate of drug-likeness (QED) is 0.347. The number of anilines is 3. The van der Waals surface area contributed by atoms with Crippen LogP contribution in [0.4, 0.5) is 22.0 Å². The van der Waals surface area contributed by atoms with Crippen molar-refractivity contribution in [2.75, 3.05) is 24.7 Å². The minimum atomic E-state index is -0.927. The van der Waals surface area contributed by atoms with E-state index in [0.717, 1.165) is 11.1 Å². The van der Waals surface area contributed by atoms with Gasteiger partial charge in [0.1, 0.15) is 11.6 Å². The van der Waals surface area contributed by atoms with Crippen LogP contribution in [0, 0.1) is 0 Å². The van der Waals surface area contributed by atoms with Crippen LogP contribution in [0.5, 0.6) is 5.75 Å². The third kappa shape index (κ3) is 6.45. The molecule has 4 rings (SSSR count). The van der Waals surface area contributed by atoms with Gasteiger partial charge in [0, 0.05) is 37.0 Å². The first kappa shape index (κ1) is 24.9. The van der Waals surface area contributed by atoms with Crippen molar-refractivity contribution in [2.24, 2.45) is 5.73 Å². The first-order chi connectivity index (χ1) is 17.8. The van der Waals surface area contributed by atoms with Crippen LogP contribution >= 0.6 is 0 Å².